The molecule has 0 bridgehead atoms. The van der Waals surface area contributed by atoms with Crippen LogP contribution in [0.15, 0.2) is 41.5 Å². The van der Waals surface area contributed by atoms with Crippen LogP contribution >= 0.6 is 0 Å². The van der Waals surface area contributed by atoms with Crippen molar-refractivity contribution >= 4 is 5.91 Å². The molecule has 0 spiro atoms. The topological polar surface area (TPSA) is 60.1 Å². The summed E-state index contributed by atoms with van der Waals surface area (Å²) in [6.07, 6.45) is 5.47. The van der Waals surface area contributed by atoms with Crippen LogP contribution in [0.1, 0.15) is 33.6 Å². The highest BCUT2D eigenvalue weighted by molar-refractivity contribution is 5.81. The van der Waals surface area contributed by atoms with E-state index in [1.807, 2.05) is 43.9 Å². The molecular formula is C19H26N4O2. The summed E-state index contributed by atoms with van der Waals surface area (Å²) in [5.74, 6) is 1.18. The number of carbonyl (C=O) groups excluding carboxylic acids is 1. The zero-order valence-electron chi connectivity index (χ0n) is 15.2. The van der Waals surface area contributed by atoms with Gasteiger partial charge >= 0.3 is 0 Å². The van der Waals surface area contributed by atoms with Gasteiger partial charge in [0.2, 0.25) is 5.91 Å². The van der Waals surface area contributed by atoms with E-state index in [1.165, 1.54) is 0 Å². The number of hydrogen-bond donors (Lipinski definition) is 0. The fraction of sp³-hybridized carbons (Fsp3) is 0.526. The Morgan fingerprint density at radius 2 is 2.08 bits per heavy atom. The first-order valence-electron chi connectivity index (χ1n) is 8.85. The van der Waals surface area contributed by atoms with Crippen LogP contribution < -0.4 is 5.56 Å². The van der Waals surface area contributed by atoms with Crippen LogP contribution in [-0.2, 0) is 11.3 Å². The number of hydrogen-bond acceptors (Lipinski definition) is 3. The molecule has 2 aromatic heterocycles. The van der Waals surface area contributed by atoms with Crippen LogP contribution in [0, 0.1) is 11.3 Å². The fourth-order valence-electron chi connectivity index (χ4n) is 3.39. The average molecular weight is 342 g/mol. The molecule has 1 atom stereocenters. The van der Waals surface area contributed by atoms with E-state index in [2.05, 4.69) is 4.98 Å². The predicted molar refractivity (Wildman–Crippen MR) is 96.6 cm³/mol. The first kappa shape index (κ1) is 17.5. The van der Waals surface area contributed by atoms with E-state index in [0.29, 0.717) is 13.1 Å². The third-order valence-corrected chi connectivity index (χ3v) is 4.64. The van der Waals surface area contributed by atoms with Crippen molar-refractivity contribution < 1.29 is 4.79 Å². The van der Waals surface area contributed by atoms with E-state index in [-0.39, 0.29) is 22.8 Å². The molecule has 0 aromatic carbocycles. The highest BCUT2D eigenvalue weighted by atomic mass is 16.2. The van der Waals surface area contributed by atoms with Crippen LogP contribution in [0.4, 0.5) is 0 Å². The predicted octanol–water partition coefficient (Wildman–Crippen LogP) is 2.32. The fourth-order valence-corrected chi connectivity index (χ4v) is 3.39. The molecule has 2 aromatic rings. The standard InChI is InChI=1S/C19H26N4O2/c1-19(2,3)18(25)21-11-6-7-15(13-21)14-23-17(24)9-12-22(23)16-8-4-5-10-20-16/h4-5,8-10,12,15H,6-7,11,13-14H2,1-3H3. The van der Waals surface area contributed by atoms with E-state index in [4.69, 9.17) is 0 Å². The normalized spacial score (nSPS) is 18.4. The number of aromatic nitrogens is 3. The minimum atomic E-state index is -0.368. The third kappa shape index (κ3) is 3.83. The Labute approximate surface area is 148 Å². The molecule has 1 unspecified atom stereocenters. The number of rotatable bonds is 3. The van der Waals surface area contributed by atoms with Gasteiger partial charge in [-0.2, -0.15) is 0 Å². The first-order chi connectivity index (χ1) is 11.9. The van der Waals surface area contributed by atoms with Crippen molar-refractivity contribution in [1.29, 1.82) is 0 Å². The molecule has 3 heterocycles. The molecule has 1 saturated heterocycles. The molecule has 1 aliphatic heterocycles. The number of carbonyl (C=O) groups is 1. The number of amides is 1. The van der Waals surface area contributed by atoms with Crippen LogP contribution in [0.2, 0.25) is 0 Å². The molecule has 0 radical (unpaired) electrons. The Balaban J connectivity index is 1.78. The van der Waals surface area contributed by atoms with Crippen molar-refractivity contribution in [2.75, 3.05) is 13.1 Å². The molecule has 1 fully saturated rings. The monoisotopic (exact) mass is 342 g/mol. The van der Waals surface area contributed by atoms with Gasteiger partial charge in [-0.1, -0.05) is 26.8 Å². The van der Waals surface area contributed by atoms with Crippen molar-refractivity contribution in [3.8, 4) is 5.82 Å². The maximum absolute atomic E-state index is 12.6. The third-order valence-electron chi connectivity index (χ3n) is 4.64. The summed E-state index contributed by atoms with van der Waals surface area (Å²) in [7, 11) is 0. The summed E-state index contributed by atoms with van der Waals surface area (Å²) in [5, 5.41) is 0. The van der Waals surface area contributed by atoms with Gasteiger partial charge in [0.05, 0.1) is 0 Å². The second-order valence-electron chi connectivity index (χ2n) is 7.78. The molecule has 0 saturated carbocycles. The van der Waals surface area contributed by atoms with Gasteiger partial charge < -0.3 is 4.90 Å². The van der Waals surface area contributed by atoms with Gasteiger partial charge in [0.15, 0.2) is 5.82 Å². The average Bonchev–Trinajstić information content (AvgIpc) is 2.95. The van der Waals surface area contributed by atoms with Gasteiger partial charge in [-0.15, -0.1) is 0 Å². The van der Waals surface area contributed by atoms with Gasteiger partial charge in [0, 0.05) is 43.5 Å². The molecule has 6 heteroatoms. The molecule has 1 amide bonds. The molecule has 0 aliphatic carbocycles. The van der Waals surface area contributed by atoms with E-state index in [1.54, 1.807) is 27.8 Å². The van der Waals surface area contributed by atoms with E-state index >= 15 is 0 Å². The number of likely N-dealkylation sites (tertiary alicyclic amines) is 1. The Morgan fingerprint density at radius 1 is 1.28 bits per heavy atom. The molecule has 25 heavy (non-hydrogen) atoms. The van der Waals surface area contributed by atoms with Crippen molar-refractivity contribution in [2.24, 2.45) is 11.3 Å². The quantitative estimate of drug-likeness (QED) is 0.860. The maximum Gasteiger partial charge on any atom is 0.266 e. The number of nitrogens with zero attached hydrogens (tertiary/aromatic N) is 4. The van der Waals surface area contributed by atoms with Crippen LogP contribution in [-0.4, -0.2) is 38.2 Å². The van der Waals surface area contributed by atoms with Crippen molar-refractivity contribution in [3.63, 3.8) is 0 Å². The summed E-state index contributed by atoms with van der Waals surface area (Å²) < 4.78 is 3.52. The summed E-state index contributed by atoms with van der Waals surface area (Å²) in [6.45, 7) is 7.97. The zero-order valence-corrected chi connectivity index (χ0v) is 15.2. The zero-order chi connectivity index (χ0) is 18.0. The summed E-state index contributed by atoms with van der Waals surface area (Å²) in [5.41, 5.74) is -0.405. The molecule has 6 nitrogen and oxygen atoms in total. The Morgan fingerprint density at radius 3 is 2.76 bits per heavy atom. The van der Waals surface area contributed by atoms with Gasteiger partial charge in [-0.3, -0.25) is 9.59 Å². The smallest absolute Gasteiger partial charge is 0.266 e. The first-order valence-corrected chi connectivity index (χ1v) is 8.85. The van der Waals surface area contributed by atoms with Gasteiger partial charge in [0.25, 0.3) is 5.56 Å². The van der Waals surface area contributed by atoms with E-state index in [9.17, 15) is 9.59 Å². The van der Waals surface area contributed by atoms with Gasteiger partial charge in [-0.25, -0.2) is 14.3 Å². The highest BCUT2D eigenvalue weighted by Crippen LogP contribution is 2.24. The highest BCUT2D eigenvalue weighted by Gasteiger charge is 2.31. The van der Waals surface area contributed by atoms with Crippen molar-refractivity contribution in [1.82, 2.24) is 19.2 Å². The lowest BCUT2D eigenvalue weighted by molar-refractivity contribution is -0.141. The summed E-state index contributed by atoms with van der Waals surface area (Å²) >= 11 is 0. The van der Waals surface area contributed by atoms with E-state index < -0.39 is 0 Å². The largest absolute Gasteiger partial charge is 0.342 e. The Kier molecular flexibility index (Phi) is 4.79. The Hall–Kier alpha value is -2.37. The number of pyridine rings is 1. The molecular weight excluding hydrogens is 316 g/mol. The lowest BCUT2D eigenvalue weighted by atomic mass is 9.91. The molecule has 3 rings (SSSR count). The van der Waals surface area contributed by atoms with Crippen LogP contribution in [0.3, 0.4) is 0 Å². The second kappa shape index (κ2) is 6.86. The van der Waals surface area contributed by atoms with Crippen LogP contribution in [0.25, 0.3) is 5.82 Å². The Bertz CT molecular complexity index is 786. The molecule has 134 valence electrons. The number of piperidine rings is 1. The minimum Gasteiger partial charge on any atom is -0.342 e. The van der Waals surface area contributed by atoms with Gasteiger partial charge in [-0.05, 0) is 30.9 Å². The molecule has 0 N–H and O–H groups in total. The minimum absolute atomic E-state index is 0.0371. The van der Waals surface area contributed by atoms with Crippen molar-refractivity contribution in [3.05, 3.63) is 47.0 Å². The van der Waals surface area contributed by atoms with Crippen molar-refractivity contribution in [2.45, 2.75) is 40.2 Å². The van der Waals surface area contributed by atoms with Gasteiger partial charge in [0.1, 0.15) is 0 Å². The summed E-state index contributed by atoms with van der Waals surface area (Å²) in [6, 6.07) is 7.20. The van der Waals surface area contributed by atoms with Crippen LogP contribution in [0.5, 0.6) is 0 Å². The second-order valence-corrected chi connectivity index (χ2v) is 7.78. The maximum atomic E-state index is 12.6. The molecule has 1 aliphatic rings. The summed E-state index contributed by atoms with van der Waals surface area (Å²) in [4.78, 5) is 31.1. The van der Waals surface area contributed by atoms with E-state index in [0.717, 1.165) is 25.2 Å². The SMILES string of the molecule is CC(C)(C)C(=O)N1CCCC(Cn2c(=O)ccn2-c2ccccn2)C1. The lowest BCUT2D eigenvalue weighted by Gasteiger charge is -2.36. The lowest BCUT2D eigenvalue weighted by Crippen LogP contribution is -2.46.